The number of hydrogen-bond acceptors (Lipinski definition) is 2. The number of hydrogen-bond donors (Lipinski definition) is 2. The number of methoxy groups -OCH3 is 1. The molecule has 0 radical (unpaired) electrons. The predicted octanol–water partition coefficient (Wildman–Crippen LogP) is 3.32. The molecule has 0 aliphatic carbocycles. The molecule has 0 saturated carbocycles. The molecule has 0 heterocycles. The molecule has 0 aliphatic rings. The van der Waals surface area contributed by atoms with Crippen molar-refractivity contribution in [2.45, 2.75) is 33.5 Å². The fraction of sp³-hybridized carbons (Fsp3) is 0.350. The number of aliphatic imine (C=N–C) groups is 1. The van der Waals surface area contributed by atoms with Gasteiger partial charge < -0.3 is 15.4 Å². The number of guanidine groups is 1. The summed E-state index contributed by atoms with van der Waals surface area (Å²) in [5.41, 5.74) is 6.26. The van der Waals surface area contributed by atoms with Crippen molar-refractivity contribution < 1.29 is 4.74 Å². The van der Waals surface area contributed by atoms with Crippen molar-refractivity contribution in [3.63, 3.8) is 0 Å². The van der Waals surface area contributed by atoms with E-state index in [1.807, 2.05) is 0 Å². The van der Waals surface area contributed by atoms with Crippen molar-refractivity contribution in [1.29, 1.82) is 0 Å². The summed E-state index contributed by atoms with van der Waals surface area (Å²) in [6.45, 7) is 6.40. The number of benzene rings is 2. The molecular formula is C20H27N3O. The zero-order valence-corrected chi connectivity index (χ0v) is 15.0. The van der Waals surface area contributed by atoms with Crippen molar-refractivity contribution in [2.24, 2.45) is 4.99 Å². The third-order valence-electron chi connectivity index (χ3n) is 3.96. The van der Waals surface area contributed by atoms with Gasteiger partial charge in [-0.25, -0.2) is 0 Å². The lowest BCUT2D eigenvalue weighted by Gasteiger charge is -2.14. The van der Waals surface area contributed by atoms with Crippen LogP contribution in [0.1, 0.15) is 27.8 Å². The molecule has 24 heavy (non-hydrogen) atoms. The molecule has 0 saturated heterocycles. The lowest BCUT2D eigenvalue weighted by Crippen LogP contribution is -2.36. The summed E-state index contributed by atoms with van der Waals surface area (Å²) in [5, 5.41) is 6.71. The third-order valence-corrected chi connectivity index (χ3v) is 3.96. The molecule has 0 spiro atoms. The normalized spacial score (nSPS) is 11.4. The van der Waals surface area contributed by atoms with Gasteiger partial charge in [-0.1, -0.05) is 48.0 Å². The van der Waals surface area contributed by atoms with Gasteiger partial charge in [-0.15, -0.1) is 0 Å². The molecule has 4 nitrogen and oxygen atoms in total. The summed E-state index contributed by atoms with van der Waals surface area (Å²) >= 11 is 0. The van der Waals surface area contributed by atoms with Gasteiger partial charge in [0.25, 0.3) is 0 Å². The molecular weight excluding hydrogens is 298 g/mol. The molecule has 0 aromatic heterocycles. The first-order valence-electron chi connectivity index (χ1n) is 8.19. The molecule has 2 N–H and O–H groups in total. The molecule has 0 aliphatic heterocycles. The van der Waals surface area contributed by atoms with E-state index >= 15 is 0 Å². The van der Waals surface area contributed by atoms with Crippen LogP contribution in [0.2, 0.25) is 0 Å². The average molecular weight is 325 g/mol. The van der Waals surface area contributed by atoms with Gasteiger partial charge in [-0.05, 0) is 36.1 Å². The van der Waals surface area contributed by atoms with Crippen molar-refractivity contribution in [1.82, 2.24) is 10.6 Å². The number of ether oxygens (including phenoxy) is 1. The number of rotatable bonds is 6. The largest absolute Gasteiger partial charge is 0.380 e. The van der Waals surface area contributed by atoms with Crippen LogP contribution in [-0.4, -0.2) is 20.1 Å². The van der Waals surface area contributed by atoms with Crippen LogP contribution in [-0.2, 0) is 24.4 Å². The molecule has 0 bridgehead atoms. The molecule has 2 rings (SSSR count). The molecule has 0 amide bonds. The SMILES string of the molecule is CN=C(NCc1ccc(COC)cc1)NCc1ccc(C)cc1C. The fourth-order valence-corrected chi connectivity index (χ4v) is 2.55. The van der Waals surface area contributed by atoms with Crippen LogP contribution < -0.4 is 10.6 Å². The van der Waals surface area contributed by atoms with E-state index in [1.54, 1.807) is 14.2 Å². The number of nitrogens with one attached hydrogen (secondary N) is 2. The van der Waals surface area contributed by atoms with E-state index < -0.39 is 0 Å². The number of nitrogens with zero attached hydrogens (tertiary/aromatic N) is 1. The Labute approximate surface area is 145 Å². The quantitative estimate of drug-likeness (QED) is 0.633. The monoisotopic (exact) mass is 325 g/mol. The molecule has 4 heteroatoms. The maximum atomic E-state index is 5.13. The second kappa shape index (κ2) is 9.08. The van der Waals surface area contributed by atoms with Gasteiger partial charge in [0, 0.05) is 27.2 Å². The molecule has 0 atom stereocenters. The molecule has 2 aromatic rings. The second-order valence-corrected chi connectivity index (χ2v) is 5.96. The van der Waals surface area contributed by atoms with Gasteiger partial charge in [0.1, 0.15) is 0 Å². The lowest BCUT2D eigenvalue weighted by molar-refractivity contribution is 0.185. The van der Waals surface area contributed by atoms with Gasteiger partial charge in [-0.2, -0.15) is 0 Å². The Balaban J connectivity index is 1.86. The van der Waals surface area contributed by atoms with Crippen LogP contribution in [0, 0.1) is 13.8 Å². The van der Waals surface area contributed by atoms with Crippen LogP contribution in [0.25, 0.3) is 0 Å². The zero-order chi connectivity index (χ0) is 17.4. The van der Waals surface area contributed by atoms with E-state index in [1.165, 1.54) is 27.8 Å². The highest BCUT2D eigenvalue weighted by Crippen LogP contribution is 2.10. The smallest absolute Gasteiger partial charge is 0.191 e. The topological polar surface area (TPSA) is 45.7 Å². The summed E-state index contributed by atoms with van der Waals surface area (Å²) in [5.74, 6) is 0.802. The Kier molecular flexibility index (Phi) is 6.82. The van der Waals surface area contributed by atoms with Crippen molar-refractivity contribution in [3.05, 3.63) is 70.3 Å². The molecule has 0 fully saturated rings. The van der Waals surface area contributed by atoms with Gasteiger partial charge >= 0.3 is 0 Å². The first-order chi connectivity index (χ1) is 11.6. The van der Waals surface area contributed by atoms with E-state index in [2.05, 4.69) is 71.9 Å². The van der Waals surface area contributed by atoms with Crippen LogP contribution in [0.4, 0.5) is 0 Å². The minimum atomic E-state index is 0.646. The van der Waals surface area contributed by atoms with E-state index in [9.17, 15) is 0 Å². The number of aryl methyl sites for hydroxylation is 2. The maximum Gasteiger partial charge on any atom is 0.191 e. The van der Waals surface area contributed by atoms with E-state index in [4.69, 9.17) is 4.74 Å². The van der Waals surface area contributed by atoms with Crippen LogP contribution in [0.3, 0.4) is 0 Å². The predicted molar refractivity (Wildman–Crippen MR) is 100 cm³/mol. The maximum absolute atomic E-state index is 5.13. The molecule has 128 valence electrons. The first-order valence-corrected chi connectivity index (χ1v) is 8.19. The van der Waals surface area contributed by atoms with Gasteiger partial charge in [0.05, 0.1) is 6.61 Å². The standard InChI is InChI=1S/C20H27N3O/c1-15-5-10-19(16(2)11-15)13-23-20(21-3)22-12-17-6-8-18(9-7-17)14-24-4/h5-11H,12-14H2,1-4H3,(H2,21,22,23). The van der Waals surface area contributed by atoms with E-state index in [-0.39, 0.29) is 0 Å². The average Bonchev–Trinajstić information content (AvgIpc) is 2.58. The van der Waals surface area contributed by atoms with Gasteiger partial charge in [-0.3, -0.25) is 4.99 Å². The lowest BCUT2D eigenvalue weighted by atomic mass is 10.1. The molecule has 2 aromatic carbocycles. The van der Waals surface area contributed by atoms with Crippen LogP contribution >= 0.6 is 0 Å². The highest BCUT2D eigenvalue weighted by molar-refractivity contribution is 5.79. The summed E-state index contributed by atoms with van der Waals surface area (Å²) < 4.78 is 5.13. The summed E-state index contributed by atoms with van der Waals surface area (Å²) in [4.78, 5) is 4.29. The molecule has 0 unspecified atom stereocenters. The van der Waals surface area contributed by atoms with Crippen molar-refractivity contribution in [2.75, 3.05) is 14.2 Å². The minimum absolute atomic E-state index is 0.646. The van der Waals surface area contributed by atoms with Crippen LogP contribution in [0.5, 0.6) is 0 Å². The summed E-state index contributed by atoms with van der Waals surface area (Å²) in [6.07, 6.45) is 0. The summed E-state index contributed by atoms with van der Waals surface area (Å²) in [6, 6.07) is 14.9. The van der Waals surface area contributed by atoms with E-state index in [0.29, 0.717) is 6.61 Å². The van der Waals surface area contributed by atoms with Gasteiger partial charge in [0.15, 0.2) is 5.96 Å². The Bertz CT molecular complexity index is 678. The summed E-state index contributed by atoms with van der Waals surface area (Å²) in [7, 11) is 3.50. The Hall–Kier alpha value is -2.33. The van der Waals surface area contributed by atoms with Gasteiger partial charge in [0.2, 0.25) is 0 Å². The highest BCUT2D eigenvalue weighted by Gasteiger charge is 2.02. The van der Waals surface area contributed by atoms with Crippen molar-refractivity contribution >= 4 is 5.96 Å². The minimum Gasteiger partial charge on any atom is -0.380 e. The van der Waals surface area contributed by atoms with Crippen molar-refractivity contribution in [3.8, 4) is 0 Å². The second-order valence-electron chi connectivity index (χ2n) is 5.96. The Morgan fingerprint density at radius 2 is 1.62 bits per heavy atom. The highest BCUT2D eigenvalue weighted by atomic mass is 16.5. The Morgan fingerprint density at radius 1 is 0.958 bits per heavy atom. The zero-order valence-electron chi connectivity index (χ0n) is 15.0. The van der Waals surface area contributed by atoms with E-state index in [0.717, 1.165) is 19.0 Å². The fourth-order valence-electron chi connectivity index (χ4n) is 2.55. The first kappa shape index (κ1) is 18.0. The van der Waals surface area contributed by atoms with Crippen LogP contribution in [0.15, 0.2) is 47.5 Å². The Morgan fingerprint density at radius 3 is 2.25 bits per heavy atom. The third kappa shape index (κ3) is 5.39.